The fraction of sp³-hybridized carbons (Fsp3) is 0.500. The monoisotopic (exact) mass is 272 g/mol. The maximum Gasteiger partial charge on any atom is 0.355 e. The van der Waals surface area contributed by atoms with Crippen LogP contribution in [0, 0.1) is 0 Å². The van der Waals surface area contributed by atoms with Gasteiger partial charge in [-0.15, -0.1) is 0 Å². The van der Waals surface area contributed by atoms with Crippen LogP contribution < -0.4 is 5.32 Å². The van der Waals surface area contributed by atoms with E-state index in [2.05, 4.69) is 10.3 Å². The lowest BCUT2D eigenvalue weighted by Gasteiger charge is -2.23. The number of hydrogen-bond donors (Lipinski definition) is 2. The summed E-state index contributed by atoms with van der Waals surface area (Å²) in [6, 6.07) is 1.44. The molecule has 0 bridgehead atoms. The van der Waals surface area contributed by atoms with E-state index < -0.39 is 12.1 Å². The van der Waals surface area contributed by atoms with E-state index in [1.165, 1.54) is 19.2 Å². The molecule has 1 rings (SSSR count). The zero-order valence-electron chi connectivity index (χ0n) is 10.8. The Morgan fingerprint density at radius 3 is 2.50 bits per heavy atom. The first-order valence-corrected chi connectivity index (χ1v) is 5.94. The number of carbonyl (C=O) groups is 2. The maximum absolute atomic E-state index is 11.7. The van der Waals surface area contributed by atoms with Crippen molar-refractivity contribution < 1.29 is 14.3 Å². The first-order chi connectivity index (χ1) is 8.19. The third-order valence-electron chi connectivity index (χ3n) is 2.02. The third kappa shape index (κ3) is 4.41. The van der Waals surface area contributed by atoms with Crippen LogP contribution in [0.15, 0.2) is 12.3 Å². The molecule has 0 saturated carbocycles. The topological polar surface area (TPSA) is 71.2 Å². The number of hydrogen-bond acceptors (Lipinski definition) is 3. The normalized spacial score (nSPS) is 12.9. The second-order valence-electron chi connectivity index (χ2n) is 5.02. The van der Waals surface area contributed by atoms with Crippen LogP contribution in [0.4, 0.5) is 0 Å². The molecule has 0 fully saturated rings. The fourth-order valence-corrected chi connectivity index (χ4v) is 1.40. The number of aromatic nitrogens is 1. The van der Waals surface area contributed by atoms with Crippen LogP contribution >= 0.6 is 11.6 Å². The predicted octanol–water partition coefficient (Wildman–Crippen LogP) is 2.13. The van der Waals surface area contributed by atoms with Crippen molar-refractivity contribution in [2.75, 3.05) is 0 Å². The van der Waals surface area contributed by atoms with Crippen molar-refractivity contribution in [2.45, 2.75) is 39.3 Å². The molecule has 0 saturated heterocycles. The van der Waals surface area contributed by atoms with E-state index in [9.17, 15) is 9.59 Å². The average molecular weight is 273 g/mol. The Labute approximate surface area is 111 Å². The van der Waals surface area contributed by atoms with E-state index in [0.29, 0.717) is 5.02 Å². The molecule has 1 unspecified atom stereocenters. The van der Waals surface area contributed by atoms with Gasteiger partial charge in [-0.05, 0) is 33.8 Å². The summed E-state index contributed by atoms with van der Waals surface area (Å²) >= 11 is 5.67. The van der Waals surface area contributed by atoms with Gasteiger partial charge in [0.05, 0.1) is 5.02 Å². The number of ether oxygens (including phenoxy) is 1. The van der Waals surface area contributed by atoms with Crippen LogP contribution in [0.3, 0.4) is 0 Å². The summed E-state index contributed by atoms with van der Waals surface area (Å²) in [7, 11) is 0. The second kappa shape index (κ2) is 5.44. The molecule has 1 heterocycles. The zero-order chi connectivity index (χ0) is 13.9. The molecule has 1 aromatic heterocycles. The smallest absolute Gasteiger partial charge is 0.355 e. The van der Waals surface area contributed by atoms with Crippen LogP contribution in [0.1, 0.15) is 38.2 Å². The highest BCUT2D eigenvalue weighted by Crippen LogP contribution is 2.11. The van der Waals surface area contributed by atoms with Crippen molar-refractivity contribution in [3.8, 4) is 0 Å². The summed E-state index contributed by atoms with van der Waals surface area (Å²) in [5.41, 5.74) is -0.150. The van der Waals surface area contributed by atoms with Crippen molar-refractivity contribution in [3.63, 3.8) is 0 Å². The van der Waals surface area contributed by atoms with Crippen molar-refractivity contribution in [2.24, 2.45) is 0 Å². The number of esters is 1. The van der Waals surface area contributed by atoms with Gasteiger partial charge in [0.25, 0.3) is 5.91 Å². The van der Waals surface area contributed by atoms with Gasteiger partial charge in [-0.3, -0.25) is 4.79 Å². The van der Waals surface area contributed by atoms with Crippen LogP contribution in [0.2, 0.25) is 5.02 Å². The summed E-state index contributed by atoms with van der Waals surface area (Å²) in [5.74, 6) is -0.952. The van der Waals surface area contributed by atoms with Crippen LogP contribution in [-0.4, -0.2) is 28.5 Å². The van der Waals surface area contributed by atoms with Gasteiger partial charge in [-0.1, -0.05) is 11.6 Å². The van der Waals surface area contributed by atoms with Crippen molar-refractivity contribution in [1.29, 1.82) is 0 Å². The van der Waals surface area contributed by atoms with Crippen LogP contribution in [-0.2, 0) is 9.53 Å². The van der Waals surface area contributed by atoms with E-state index in [0.717, 1.165) is 0 Å². The summed E-state index contributed by atoms with van der Waals surface area (Å²) in [4.78, 5) is 26.0. The average Bonchev–Trinajstić information content (AvgIpc) is 2.62. The molecule has 0 aliphatic rings. The molecule has 6 heteroatoms. The summed E-state index contributed by atoms with van der Waals surface area (Å²) in [6.07, 6.45) is 0.608. The minimum Gasteiger partial charge on any atom is -0.448 e. The third-order valence-corrected chi connectivity index (χ3v) is 2.24. The number of nitrogens with one attached hydrogen (secondary N) is 2. The minimum absolute atomic E-state index is 0.218. The van der Waals surface area contributed by atoms with Gasteiger partial charge in [0.15, 0.2) is 6.10 Å². The predicted molar refractivity (Wildman–Crippen MR) is 68.6 cm³/mol. The molecule has 0 aliphatic heterocycles. The zero-order valence-corrected chi connectivity index (χ0v) is 11.6. The lowest BCUT2D eigenvalue weighted by Crippen LogP contribution is -2.46. The fourth-order valence-electron chi connectivity index (χ4n) is 1.23. The van der Waals surface area contributed by atoms with Crippen molar-refractivity contribution in [3.05, 3.63) is 23.0 Å². The number of H-pyrrole nitrogens is 1. The largest absolute Gasteiger partial charge is 0.448 e. The van der Waals surface area contributed by atoms with Gasteiger partial charge in [0, 0.05) is 11.7 Å². The summed E-state index contributed by atoms with van der Waals surface area (Å²) in [5, 5.41) is 3.14. The van der Waals surface area contributed by atoms with E-state index >= 15 is 0 Å². The van der Waals surface area contributed by atoms with Crippen molar-refractivity contribution >= 4 is 23.5 Å². The number of amides is 1. The Hall–Kier alpha value is -1.49. The number of halogens is 1. The first kappa shape index (κ1) is 14.6. The first-order valence-electron chi connectivity index (χ1n) is 5.56. The number of carbonyl (C=O) groups excluding carboxylic acids is 2. The Morgan fingerprint density at radius 2 is 2.06 bits per heavy atom. The molecule has 1 aromatic rings. The van der Waals surface area contributed by atoms with E-state index in [1.807, 2.05) is 20.8 Å². The van der Waals surface area contributed by atoms with Gasteiger partial charge in [-0.25, -0.2) is 4.79 Å². The number of rotatable bonds is 3. The highest BCUT2D eigenvalue weighted by Gasteiger charge is 2.23. The molecular weight excluding hydrogens is 256 g/mol. The van der Waals surface area contributed by atoms with E-state index in [1.54, 1.807) is 0 Å². The highest BCUT2D eigenvalue weighted by atomic mass is 35.5. The van der Waals surface area contributed by atoms with Gasteiger partial charge in [0.2, 0.25) is 0 Å². The maximum atomic E-state index is 11.7. The highest BCUT2D eigenvalue weighted by molar-refractivity contribution is 6.30. The lowest BCUT2D eigenvalue weighted by atomic mass is 10.1. The molecule has 18 heavy (non-hydrogen) atoms. The Balaban J connectivity index is 2.57. The van der Waals surface area contributed by atoms with Gasteiger partial charge >= 0.3 is 5.97 Å². The second-order valence-corrected chi connectivity index (χ2v) is 5.45. The van der Waals surface area contributed by atoms with E-state index in [4.69, 9.17) is 16.3 Å². The quantitative estimate of drug-likeness (QED) is 0.828. The Kier molecular flexibility index (Phi) is 4.40. The van der Waals surface area contributed by atoms with Gasteiger partial charge in [0.1, 0.15) is 5.69 Å². The molecule has 0 aromatic carbocycles. The van der Waals surface area contributed by atoms with Gasteiger partial charge in [-0.2, -0.15) is 0 Å². The molecule has 1 atom stereocenters. The summed E-state index contributed by atoms with van der Waals surface area (Å²) in [6.45, 7) is 7.07. The number of aromatic amines is 1. The Morgan fingerprint density at radius 1 is 1.44 bits per heavy atom. The van der Waals surface area contributed by atoms with Crippen LogP contribution in [0.5, 0.6) is 0 Å². The van der Waals surface area contributed by atoms with E-state index in [-0.39, 0.29) is 17.1 Å². The molecular formula is C12H17ClN2O3. The van der Waals surface area contributed by atoms with Crippen LogP contribution in [0.25, 0.3) is 0 Å². The molecule has 2 N–H and O–H groups in total. The van der Waals surface area contributed by atoms with Crippen molar-refractivity contribution in [1.82, 2.24) is 10.3 Å². The Bertz CT molecular complexity index is 448. The standard InChI is InChI=1S/C12H17ClN2O3/c1-7(10(16)15-12(2,3)4)18-11(17)9-5-8(13)6-14-9/h5-7,14H,1-4H3,(H,15,16). The molecule has 5 nitrogen and oxygen atoms in total. The van der Waals surface area contributed by atoms with Gasteiger partial charge < -0.3 is 15.0 Å². The summed E-state index contributed by atoms with van der Waals surface area (Å²) < 4.78 is 5.02. The minimum atomic E-state index is -0.862. The lowest BCUT2D eigenvalue weighted by molar-refractivity contribution is -0.130. The SMILES string of the molecule is CC(OC(=O)c1cc(Cl)c[nH]1)C(=O)NC(C)(C)C. The molecule has 100 valence electrons. The molecule has 0 aliphatic carbocycles. The molecule has 1 amide bonds. The molecule has 0 spiro atoms. The molecule has 0 radical (unpaired) electrons.